The molecule has 0 nitrogen and oxygen atoms in total. The highest BCUT2D eigenvalue weighted by Crippen LogP contribution is 2.54. The first kappa shape index (κ1) is 16.1. The van der Waals surface area contributed by atoms with Gasteiger partial charge in [0.05, 0.1) is 0 Å². The van der Waals surface area contributed by atoms with Gasteiger partial charge in [0, 0.05) is 0 Å². The Morgan fingerprint density at radius 3 is 2.22 bits per heavy atom. The Balaban J connectivity index is 2.96. The minimum Gasteiger partial charge on any atom is -0.0654 e. The highest BCUT2D eigenvalue weighted by atomic mass is 14.5. The molecule has 0 spiro atoms. The number of hydrogen-bond donors (Lipinski definition) is 0. The Bertz CT molecular complexity index is 244. The quantitative estimate of drug-likeness (QED) is 0.550. The van der Waals surface area contributed by atoms with Crippen molar-refractivity contribution in [2.75, 3.05) is 0 Å². The molecule has 0 aromatic heterocycles. The third-order valence-corrected chi connectivity index (χ3v) is 6.29. The van der Waals surface area contributed by atoms with E-state index in [4.69, 9.17) is 0 Å². The van der Waals surface area contributed by atoms with Crippen LogP contribution in [-0.4, -0.2) is 0 Å². The van der Waals surface area contributed by atoms with Gasteiger partial charge < -0.3 is 0 Å². The first-order valence-corrected chi connectivity index (χ1v) is 8.41. The summed E-state index contributed by atoms with van der Waals surface area (Å²) in [4.78, 5) is 0. The minimum absolute atomic E-state index is 0.596. The van der Waals surface area contributed by atoms with Gasteiger partial charge in [-0.05, 0) is 47.8 Å². The Labute approximate surface area is 116 Å². The molecule has 0 N–H and O–H groups in total. The summed E-state index contributed by atoms with van der Waals surface area (Å²) < 4.78 is 0. The average Bonchev–Trinajstić information content (AvgIpc) is 2.34. The predicted molar refractivity (Wildman–Crippen MR) is 82.7 cm³/mol. The molecule has 0 heterocycles. The SMILES string of the molecule is CCCC1C(C)C(C(C)CC)C(C)CC1(C)CC. The van der Waals surface area contributed by atoms with E-state index in [1.807, 2.05) is 0 Å². The normalized spacial score (nSPS) is 42.8. The molecule has 0 aliphatic heterocycles. The molecule has 0 aromatic rings. The van der Waals surface area contributed by atoms with Gasteiger partial charge in [0.15, 0.2) is 0 Å². The summed E-state index contributed by atoms with van der Waals surface area (Å²) in [5, 5.41) is 0. The number of hydrogen-bond acceptors (Lipinski definition) is 0. The monoisotopic (exact) mass is 252 g/mol. The van der Waals surface area contributed by atoms with E-state index >= 15 is 0 Å². The molecule has 18 heavy (non-hydrogen) atoms. The van der Waals surface area contributed by atoms with Gasteiger partial charge in [0.2, 0.25) is 0 Å². The fraction of sp³-hybridized carbons (Fsp3) is 1.00. The molecule has 6 unspecified atom stereocenters. The summed E-state index contributed by atoms with van der Waals surface area (Å²) >= 11 is 0. The van der Waals surface area contributed by atoms with Crippen LogP contribution in [0.15, 0.2) is 0 Å². The molecule has 1 saturated carbocycles. The second-order valence-electron chi connectivity index (χ2n) is 7.41. The smallest absolute Gasteiger partial charge is 0.0295 e. The first-order chi connectivity index (χ1) is 8.41. The van der Waals surface area contributed by atoms with Crippen LogP contribution in [-0.2, 0) is 0 Å². The van der Waals surface area contributed by atoms with Crippen LogP contribution in [0.2, 0.25) is 0 Å². The van der Waals surface area contributed by atoms with Crippen molar-refractivity contribution in [2.24, 2.45) is 35.0 Å². The van der Waals surface area contributed by atoms with E-state index in [0.29, 0.717) is 5.41 Å². The molecule has 1 aliphatic carbocycles. The lowest BCUT2D eigenvalue weighted by Gasteiger charge is -2.53. The van der Waals surface area contributed by atoms with Crippen molar-refractivity contribution in [1.29, 1.82) is 0 Å². The van der Waals surface area contributed by atoms with E-state index < -0.39 is 0 Å². The second-order valence-corrected chi connectivity index (χ2v) is 7.41. The lowest BCUT2D eigenvalue weighted by atomic mass is 9.52. The van der Waals surface area contributed by atoms with Gasteiger partial charge in [-0.1, -0.05) is 67.7 Å². The van der Waals surface area contributed by atoms with Gasteiger partial charge in [-0.3, -0.25) is 0 Å². The third-order valence-electron chi connectivity index (χ3n) is 6.29. The molecule has 108 valence electrons. The van der Waals surface area contributed by atoms with E-state index in [2.05, 4.69) is 48.5 Å². The molecular formula is C18H36. The van der Waals surface area contributed by atoms with Gasteiger partial charge >= 0.3 is 0 Å². The van der Waals surface area contributed by atoms with Crippen molar-refractivity contribution in [3.8, 4) is 0 Å². The molecule has 1 aliphatic rings. The predicted octanol–water partition coefficient (Wildman–Crippen LogP) is 6.16. The molecule has 0 heteroatoms. The van der Waals surface area contributed by atoms with E-state index in [9.17, 15) is 0 Å². The van der Waals surface area contributed by atoms with Crippen LogP contribution in [0, 0.1) is 35.0 Å². The van der Waals surface area contributed by atoms with Gasteiger partial charge in [0.25, 0.3) is 0 Å². The largest absolute Gasteiger partial charge is 0.0654 e. The summed E-state index contributed by atoms with van der Waals surface area (Å²) in [7, 11) is 0. The van der Waals surface area contributed by atoms with Crippen molar-refractivity contribution in [1.82, 2.24) is 0 Å². The molecular weight excluding hydrogens is 216 g/mol. The third kappa shape index (κ3) is 2.94. The van der Waals surface area contributed by atoms with Crippen LogP contribution in [0.1, 0.15) is 80.6 Å². The fourth-order valence-corrected chi connectivity index (χ4v) is 5.12. The van der Waals surface area contributed by atoms with Gasteiger partial charge in [-0.2, -0.15) is 0 Å². The summed E-state index contributed by atoms with van der Waals surface area (Å²) in [6, 6.07) is 0. The summed E-state index contributed by atoms with van der Waals surface area (Å²) in [6.07, 6.45) is 6.95. The molecule has 0 radical (unpaired) electrons. The molecule has 1 rings (SSSR count). The molecule has 0 aromatic carbocycles. The summed E-state index contributed by atoms with van der Waals surface area (Å²) in [5.41, 5.74) is 0.596. The highest BCUT2D eigenvalue weighted by molar-refractivity contribution is 4.96. The summed E-state index contributed by atoms with van der Waals surface area (Å²) in [5.74, 6) is 4.62. The molecule has 1 fully saturated rings. The maximum absolute atomic E-state index is 2.56. The minimum atomic E-state index is 0.596. The van der Waals surface area contributed by atoms with Crippen LogP contribution in [0.25, 0.3) is 0 Å². The average molecular weight is 252 g/mol. The van der Waals surface area contributed by atoms with Crippen molar-refractivity contribution in [3.63, 3.8) is 0 Å². The van der Waals surface area contributed by atoms with Gasteiger partial charge in [0.1, 0.15) is 0 Å². The van der Waals surface area contributed by atoms with E-state index in [0.717, 1.165) is 29.6 Å². The lowest BCUT2D eigenvalue weighted by molar-refractivity contribution is -0.0414. The Morgan fingerprint density at radius 2 is 1.78 bits per heavy atom. The van der Waals surface area contributed by atoms with Crippen molar-refractivity contribution in [3.05, 3.63) is 0 Å². The lowest BCUT2D eigenvalue weighted by Crippen LogP contribution is -2.46. The topological polar surface area (TPSA) is 0 Å². The van der Waals surface area contributed by atoms with Crippen LogP contribution < -0.4 is 0 Å². The van der Waals surface area contributed by atoms with Gasteiger partial charge in [-0.25, -0.2) is 0 Å². The summed E-state index contributed by atoms with van der Waals surface area (Å²) in [6.45, 7) is 17.3. The van der Waals surface area contributed by atoms with Crippen LogP contribution in [0.5, 0.6) is 0 Å². The molecule has 0 bridgehead atoms. The zero-order valence-corrected chi connectivity index (χ0v) is 13.9. The molecule has 6 atom stereocenters. The first-order valence-electron chi connectivity index (χ1n) is 8.41. The van der Waals surface area contributed by atoms with Crippen molar-refractivity contribution >= 4 is 0 Å². The zero-order chi connectivity index (χ0) is 13.9. The van der Waals surface area contributed by atoms with E-state index in [-0.39, 0.29) is 0 Å². The molecule has 0 saturated heterocycles. The highest BCUT2D eigenvalue weighted by Gasteiger charge is 2.46. The second kappa shape index (κ2) is 6.44. The van der Waals surface area contributed by atoms with Crippen molar-refractivity contribution in [2.45, 2.75) is 80.6 Å². The Kier molecular flexibility index (Phi) is 5.74. The molecule has 0 amide bonds. The fourth-order valence-electron chi connectivity index (χ4n) is 5.12. The Morgan fingerprint density at radius 1 is 1.17 bits per heavy atom. The van der Waals surface area contributed by atoms with Gasteiger partial charge in [-0.15, -0.1) is 0 Å². The van der Waals surface area contributed by atoms with E-state index in [1.54, 1.807) is 0 Å². The van der Waals surface area contributed by atoms with E-state index in [1.165, 1.54) is 32.1 Å². The van der Waals surface area contributed by atoms with Crippen LogP contribution in [0.3, 0.4) is 0 Å². The van der Waals surface area contributed by atoms with Crippen LogP contribution in [0.4, 0.5) is 0 Å². The van der Waals surface area contributed by atoms with Crippen LogP contribution >= 0.6 is 0 Å². The standard InChI is InChI=1S/C18H36/c1-8-11-16-15(6)17(13(4)9-2)14(5)12-18(16,7)10-3/h13-17H,8-12H2,1-7H3. The number of rotatable bonds is 5. The van der Waals surface area contributed by atoms with Crippen molar-refractivity contribution < 1.29 is 0 Å². The maximum atomic E-state index is 2.56. The zero-order valence-electron chi connectivity index (χ0n) is 13.9. The maximum Gasteiger partial charge on any atom is -0.0295 e. The Hall–Kier alpha value is 0.